The molecule has 3 fully saturated rings. The number of hydrogen-bond acceptors (Lipinski definition) is 5. The molecule has 0 bridgehead atoms. The fourth-order valence-corrected chi connectivity index (χ4v) is 3.89. The van der Waals surface area contributed by atoms with Gasteiger partial charge in [0.15, 0.2) is 0 Å². The molecule has 23 heavy (non-hydrogen) atoms. The minimum atomic E-state index is -0.471. The van der Waals surface area contributed by atoms with E-state index in [0.29, 0.717) is 18.1 Å². The van der Waals surface area contributed by atoms with Crippen molar-refractivity contribution in [3.63, 3.8) is 0 Å². The Morgan fingerprint density at radius 3 is 2.65 bits per heavy atom. The van der Waals surface area contributed by atoms with E-state index in [9.17, 15) is 4.79 Å². The van der Waals surface area contributed by atoms with Crippen LogP contribution in [0.3, 0.4) is 0 Å². The Morgan fingerprint density at radius 2 is 2.00 bits per heavy atom. The third kappa shape index (κ3) is 3.80. The van der Waals surface area contributed by atoms with Gasteiger partial charge in [-0.25, -0.2) is 4.79 Å². The molecule has 0 spiro atoms. The molecular formula is C17H30N2O4. The van der Waals surface area contributed by atoms with Gasteiger partial charge in [-0.05, 0) is 47.0 Å². The van der Waals surface area contributed by atoms with Crippen LogP contribution < -0.4 is 10.6 Å². The lowest BCUT2D eigenvalue weighted by Crippen LogP contribution is -2.72. The van der Waals surface area contributed by atoms with Gasteiger partial charge < -0.3 is 24.8 Å². The monoisotopic (exact) mass is 326 g/mol. The average Bonchev–Trinajstić information content (AvgIpc) is 2.81. The Balaban J connectivity index is 1.50. The fourth-order valence-electron chi connectivity index (χ4n) is 3.89. The third-order valence-electron chi connectivity index (χ3n) is 4.99. The Morgan fingerprint density at radius 1 is 1.26 bits per heavy atom. The summed E-state index contributed by atoms with van der Waals surface area (Å²) < 4.78 is 16.8. The number of hydrogen-bond donors (Lipinski definition) is 2. The summed E-state index contributed by atoms with van der Waals surface area (Å²) in [5.74, 6) is 0.405. The van der Waals surface area contributed by atoms with E-state index >= 15 is 0 Å². The molecule has 2 aliphatic carbocycles. The van der Waals surface area contributed by atoms with Gasteiger partial charge in [-0.2, -0.15) is 0 Å². The lowest BCUT2D eigenvalue weighted by molar-refractivity contribution is -0.0603. The molecule has 3 rings (SSSR count). The summed E-state index contributed by atoms with van der Waals surface area (Å²) >= 11 is 0. The second-order valence-electron chi connectivity index (χ2n) is 7.90. The molecule has 0 aromatic heterocycles. The molecule has 2 N–H and O–H groups in total. The summed E-state index contributed by atoms with van der Waals surface area (Å²) in [6, 6.07) is 0.746. The lowest BCUT2D eigenvalue weighted by atomic mass is 9.70. The highest BCUT2D eigenvalue weighted by Crippen LogP contribution is 2.40. The molecule has 2 saturated carbocycles. The maximum absolute atomic E-state index is 12.1. The highest BCUT2D eigenvalue weighted by molar-refractivity contribution is 5.68. The second-order valence-corrected chi connectivity index (χ2v) is 7.90. The van der Waals surface area contributed by atoms with E-state index in [2.05, 4.69) is 10.6 Å². The van der Waals surface area contributed by atoms with E-state index in [1.165, 1.54) is 0 Å². The van der Waals surface area contributed by atoms with Crippen LogP contribution >= 0.6 is 0 Å². The van der Waals surface area contributed by atoms with Crippen LogP contribution in [0.25, 0.3) is 0 Å². The first-order valence-electron chi connectivity index (χ1n) is 8.86. The van der Waals surface area contributed by atoms with E-state index in [-0.39, 0.29) is 24.3 Å². The van der Waals surface area contributed by atoms with E-state index < -0.39 is 5.60 Å². The summed E-state index contributed by atoms with van der Waals surface area (Å²) in [4.78, 5) is 12.1. The van der Waals surface area contributed by atoms with Crippen LogP contribution in [-0.4, -0.2) is 55.2 Å². The molecule has 0 aromatic rings. The van der Waals surface area contributed by atoms with Crippen molar-refractivity contribution in [2.75, 3.05) is 13.2 Å². The van der Waals surface area contributed by atoms with Gasteiger partial charge in [0.1, 0.15) is 5.60 Å². The van der Waals surface area contributed by atoms with Crippen LogP contribution in [-0.2, 0) is 14.2 Å². The number of fused-ring (bicyclic) bond motifs is 1. The predicted molar refractivity (Wildman–Crippen MR) is 86.4 cm³/mol. The van der Waals surface area contributed by atoms with E-state index in [1.54, 1.807) is 0 Å². The van der Waals surface area contributed by atoms with Crippen LogP contribution in [0.15, 0.2) is 0 Å². The van der Waals surface area contributed by atoms with Crippen molar-refractivity contribution in [2.45, 2.75) is 82.9 Å². The SMILES string of the molecule is CCOC1CC(NC2C(NC(=O)OC(C)(C)C)C3CCOC32)C1. The lowest BCUT2D eigenvalue weighted by Gasteiger charge is -2.51. The molecule has 1 amide bonds. The Hall–Kier alpha value is -0.850. The number of carbonyl (C=O) groups excluding carboxylic acids is 1. The van der Waals surface area contributed by atoms with Gasteiger partial charge in [-0.3, -0.25) is 0 Å². The molecule has 1 heterocycles. The zero-order chi connectivity index (χ0) is 16.6. The van der Waals surface area contributed by atoms with Gasteiger partial charge in [-0.15, -0.1) is 0 Å². The van der Waals surface area contributed by atoms with E-state index in [1.807, 2.05) is 27.7 Å². The Bertz CT molecular complexity index is 431. The molecule has 4 atom stereocenters. The number of nitrogens with one attached hydrogen (secondary N) is 2. The number of alkyl carbamates (subject to hydrolysis) is 1. The van der Waals surface area contributed by atoms with Gasteiger partial charge in [0.25, 0.3) is 0 Å². The molecule has 6 nitrogen and oxygen atoms in total. The number of carbonyl (C=O) groups is 1. The normalized spacial score (nSPS) is 39.1. The molecule has 3 aliphatic rings. The molecule has 4 unspecified atom stereocenters. The summed E-state index contributed by atoms with van der Waals surface area (Å²) in [6.45, 7) is 9.24. The highest BCUT2D eigenvalue weighted by atomic mass is 16.6. The van der Waals surface area contributed by atoms with E-state index in [4.69, 9.17) is 14.2 Å². The van der Waals surface area contributed by atoms with Crippen LogP contribution in [0.4, 0.5) is 4.79 Å². The van der Waals surface area contributed by atoms with Gasteiger partial charge >= 0.3 is 6.09 Å². The molecule has 132 valence electrons. The largest absolute Gasteiger partial charge is 0.444 e. The molecule has 6 heteroatoms. The first-order valence-corrected chi connectivity index (χ1v) is 8.86. The van der Waals surface area contributed by atoms with Crippen LogP contribution in [0.1, 0.15) is 47.0 Å². The fraction of sp³-hybridized carbons (Fsp3) is 0.941. The molecule has 0 radical (unpaired) electrons. The zero-order valence-corrected chi connectivity index (χ0v) is 14.6. The predicted octanol–water partition coefficient (Wildman–Crippen LogP) is 1.82. The summed E-state index contributed by atoms with van der Waals surface area (Å²) in [5.41, 5.74) is -0.471. The summed E-state index contributed by atoms with van der Waals surface area (Å²) in [5, 5.41) is 6.71. The molecule has 1 saturated heterocycles. The van der Waals surface area contributed by atoms with Crippen molar-refractivity contribution in [3.05, 3.63) is 0 Å². The van der Waals surface area contributed by atoms with Gasteiger partial charge in [0.2, 0.25) is 0 Å². The van der Waals surface area contributed by atoms with Gasteiger partial charge in [0, 0.05) is 25.2 Å². The van der Waals surface area contributed by atoms with E-state index in [0.717, 1.165) is 32.5 Å². The second kappa shape index (κ2) is 6.57. The minimum Gasteiger partial charge on any atom is -0.444 e. The maximum atomic E-state index is 12.1. The van der Waals surface area contributed by atoms with Crippen molar-refractivity contribution in [2.24, 2.45) is 5.92 Å². The topological polar surface area (TPSA) is 68.8 Å². The third-order valence-corrected chi connectivity index (χ3v) is 4.99. The standard InChI is InChI=1S/C17H30N2O4/c1-5-21-11-8-10(9-11)18-14-13(12-6-7-22-15(12)14)19-16(20)23-17(2,3)4/h10-15,18H,5-9H2,1-4H3,(H,19,20). The van der Waals surface area contributed by atoms with Crippen molar-refractivity contribution >= 4 is 6.09 Å². The quantitative estimate of drug-likeness (QED) is 0.807. The summed E-state index contributed by atoms with van der Waals surface area (Å²) in [6.07, 6.45) is 3.37. The van der Waals surface area contributed by atoms with Crippen molar-refractivity contribution in [1.82, 2.24) is 10.6 Å². The minimum absolute atomic E-state index is 0.100. The molecular weight excluding hydrogens is 296 g/mol. The van der Waals surface area contributed by atoms with Crippen LogP contribution in [0, 0.1) is 5.92 Å². The molecule has 1 aliphatic heterocycles. The van der Waals surface area contributed by atoms with Crippen LogP contribution in [0.2, 0.25) is 0 Å². The van der Waals surface area contributed by atoms with Crippen molar-refractivity contribution in [3.8, 4) is 0 Å². The average molecular weight is 326 g/mol. The van der Waals surface area contributed by atoms with Crippen LogP contribution in [0.5, 0.6) is 0 Å². The number of ether oxygens (including phenoxy) is 3. The zero-order valence-electron chi connectivity index (χ0n) is 14.6. The smallest absolute Gasteiger partial charge is 0.407 e. The number of amides is 1. The van der Waals surface area contributed by atoms with Crippen molar-refractivity contribution in [1.29, 1.82) is 0 Å². The Labute approximate surface area is 138 Å². The van der Waals surface area contributed by atoms with Gasteiger partial charge in [-0.1, -0.05) is 0 Å². The first kappa shape index (κ1) is 17.0. The van der Waals surface area contributed by atoms with Gasteiger partial charge in [0.05, 0.1) is 24.3 Å². The van der Waals surface area contributed by atoms with Crippen molar-refractivity contribution < 1.29 is 19.0 Å². The highest BCUT2D eigenvalue weighted by Gasteiger charge is 2.55. The first-order chi connectivity index (χ1) is 10.9. The number of rotatable bonds is 5. The summed E-state index contributed by atoms with van der Waals surface area (Å²) in [7, 11) is 0. The molecule has 0 aromatic carbocycles. The Kier molecular flexibility index (Phi) is 4.85. The maximum Gasteiger partial charge on any atom is 0.407 e.